The van der Waals surface area contributed by atoms with Gasteiger partial charge in [0.2, 0.25) is 5.67 Å². The van der Waals surface area contributed by atoms with Crippen molar-refractivity contribution in [2.45, 2.75) is 31.7 Å². The molecular formula is C15H18FNO4. The number of amides is 1. The fourth-order valence-corrected chi connectivity index (χ4v) is 2.26. The zero-order valence-electron chi connectivity index (χ0n) is 11.8. The molecule has 1 saturated heterocycles. The summed E-state index contributed by atoms with van der Waals surface area (Å²) < 4.78 is 19.4. The Morgan fingerprint density at radius 2 is 2.10 bits per heavy atom. The van der Waals surface area contributed by atoms with Gasteiger partial charge in [0.25, 0.3) is 5.91 Å². The third-order valence-corrected chi connectivity index (χ3v) is 3.61. The minimum Gasteiger partial charge on any atom is -0.479 e. The van der Waals surface area contributed by atoms with Crippen LogP contribution in [0.3, 0.4) is 0 Å². The Balaban J connectivity index is 1.87. The first-order valence-corrected chi connectivity index (χ1v) is 6.79. The molecule has 6 heteroatoms. The number of alkyl halides is 1. The van der Waals surface area contributed by atoms with Crippen molar-refractivity contribution in [2.75, 3.05) is 13.1 Å². The molecule has 1 aromatic rings. The van der Waals surface area contributed by atoms with Gasteiger partial charge in [0.15, 0.2) is 0 Å². The Morgan fingerprint density at radius 1 is 1.43 bits per heavy atom. The number of hydrogen-bond acceptors (Lipinski definition) is 3. The largest absolute Gasteiger partial charge is 0.479 e. The van der Waals surface area contributed by atoms with Gasteiger partial charge in [-0.3, -0.25) is 4.79 Å². The molecule has 1 aliphatic heterocycles. The molecule has 0 bridgehead atoms. The zero-order chi connectivity index (χ0) is 15.5. The molecular weight excluding hydrogens is 277 g/mol. The van der Waals surface area contributed by atoms with Crippen LogP contribution in [0.4, 0.5) is 4.39 Å². The molecule has 2 atom stereocenters. The van der Waals surface area contributed by atoms with Crippen molar-refractivity contribution in [1.29, 1.82) is 0 Å². The van der Waals surface area contributed by atoms with Gasteiger partial charge in [0.05, 0.1) is 13.2 Å². The van der Waals surface area contributed by atoms with Crippen molar-refractivity contribution in [1.82, 2.24) is 4.90 Å². The van der Waals surface area contributed by atoms with Crippen molar-refractivity contribution in [2.24, 2.45) is 0 Å². The fourth-order valence-electron chi connectivity index (χ4n) is 2.26. The normalized spacial score (nSPS) is 23.0. The molecule has 1 aliphatic rings. The Kier molecular flexibility index (Phi) is 4.57. The molecule has 2 rings (SSSR count). The smallest absolute Gasteiger partial charge is 0.343 e. The second-order valence-electron chi connectivity index (χ2n) is 5.22. The van der Waals surface area contributed by atoms with Crippen LogP contribution in [0.25, 0.3) is 0 Å². The van der Waals surface area contributed by atoms with Gasteiger partial charge in [-0.1, -0.05) is 30.3 Å². The van der Waals surface area contributed by atoms with E-state index in [9.17, 15) is 14.0 Å². The van der Waals surface area contributed by atoms with Gasteiger partial charge in [-0.2, -0.15) is 0 Å². The summed E-state index contributed by atoms with van der Waals surface area (Å²) in [5.74, 6) is -1.90. The van der Waals surface area contributed by atoms with E-state index in [-0.39, 0.29) is 25.5 Å². The number of likely N-dealkylation sites (tertiary alicyclic amines) is 1. The van der Waals surface area contributed by atoms with Crippen LogP contribution in [-0.2, 0) is 20.9 Å². The van der Waals surface area contributed by atoms with E-state index in [1.54, 1.807) is 6.92 Å². The molecule has 5 nitrogen and oxygen atoms in total. The van der Waals surface area contributed by atoms with Crippen molar-refractivity contribution < 1.29 is 23.8 Å². The van der Waals surface area contributed by atoms with Crippen LogP contribution < -0.4 is 0 Å². The van der Waals surface area contributed by atoms with E-state index >= 15 is 0 Å². The maximum Gasteiger partial charge on any atom is 0.343 e. The number of benzene rings is 1. The monoisotopic (exact) mass is 295 g/mol. The first-order valence-electron chi connectivity index (χ1n) is 6.79. The van der Waals surface area contributed by atoms with E-state index < -0.39 is 24.3 Å². The van der Waals surface area contributed by atoms with E-state index in [0.717, 1.165) is 5.56 Å². The van der Waals surface area contributed by atoms with Crippen LogP contribution in [0.1, 0.15) is 18.9 Å². The van der Waals surface area contributed by atoms with E-state index in [2.05, 4.69) is 0 Å². The van der Waals surface area contributed by atoms with Crippen molar-refractivity contribution in [3.05, 3.63) is 35.9 Å². The standard InChI is InChI=1S/C15H18FNO4/c1-11(21-9-12-5-3-2-4-6-12)13(18)17-8-7-15(16,10-17)14(19)20/h2-6,11H,7-10H2,1H3,(H,19,20). The zero-order valence-corrected chi connectivity index (χ0v) is 11.8. The molecule has 0 radical (unpaired) electrons. The molecule has 1 amide bonds. The van der Waals surface area contributed by atoms with Crippen LogP contribution in [-0.4, -0.2) is 46.7 Å². The number of nitrogens with zero attached hydrogens (tertiary/aromatic N) is 1. The summed E-state index contributed by atoms with van der Waals surface area (Å²) in [4.78, 5) is 24.2. The lowest BCUT2D eigenvalue weighted by atomic mass is 10.1. The highest BCUT2D eigenvalue weighted by molar-refractivity contribution is 5.84. The summed E-state index contributed by atoms with van der Waals surface area (Å²) in [5.41, 5.74) is -1.40. The van der Waals surface area contributed by atoms with Gasteiger partial charge in [-0.15, -0.1) is 0 Å². The molecule has 1 heterocycles. The number of hydrogen-bond donors (Lipinski definition) is 1. The molecule has 1 fully saturated rings. The molecule has 1 aromatic carbocycles. The molecule has 114 valence electrons. The predicted molar refractivity (Wildman–Crippen MR) is 73.4 cm³/mol. The number of carbonyl (C=O) groups excluding carboxylic acids is 1. The first-order chi connectivity index (χ1) is 9.92. The highest BCUT2D eigenvalue weighted by atomic mass is 19.1. The number of carbonyl (C=O) groups is 2. The maximum absolute atomic E-state index is 13.9. The summed E-state index contributed by atoms with van der Waals surface area (Å²) in [5, 5.41) is 8.82. The summed E-state index contributed by atoms with van der Waals surface area (Å²) in [6, 6.07) is 9.38. The molecule has 0 spiro atoms. The van der Waals surface area contributed by atoms with Gasteiger partial charge < -0.3 is 14.7 Å². The fraction of sp³-hybridized carbons (Fsp3) is 0.467. The molecule has 0 saturated carbocycles. The van der Waals surface area contributed by atoms with E-state index in [0.29, 0.717) is 0 Å². The van der Waals surface area contributed by atoms with Gasteiger partial charge in [-0.25, -0.2) is 9.18 Å². The van der Waals surface area contributed by atoms with Crippen molar-refractivity contribution >= 4 is 11.9 Å². The lowest BCUT2D eigenvalue weighted by molar-refractivity contribution is -0.151. The summed E-state index contributed by atoms with van der Waals surface area (Å²) in [7, 11) is 0. The van der Waals surface area contributed by atoms with Gasteiger partial charge in [0.1, 0.15) is 6.10 Å². The Bertz CT molecular complexity index is 522. The summed E-state index contributed by atoms with van der Waals surface area (Å²) >= 11 is 0. The van der Waals surface area contributed by atoms with Crippen molar-refractivity contribution in [3.63, 3.8) is 0 Å². The first kappa shape index (κ1) is 15.4. The second-order valence-corrected chi connectivity index (χ2v) is 5.22. The Hall–Kier alpha value is -1.95. The van der Waals surface area contributed by atoms with Gasteiger partial charge in [0, 0.05) is 13.0 Å². The highest BCUT2D eigenvalue weighted by Crippen LogP contribution is 2.26. The SMILES string of the molecule is CC(OCc1ccccc1)C(=O)N1CCC(F)(C(=O)O)C1. The lowest BCUT2D eigenvalue weighted by Crippen LogP contribution is -2.42. The van der Waals surface area contributed by atoms with E-state index in [4.69, 9.17) is 9.84 Å². The summed E-state index contributed by atoms with van der Waals surface area (Å²) in [6.45, 7) is 1.55. The average molecular weight is 295 g/mol. The van der Waals surface area contributed by atoms with E-state index in [1.807, 2.05) is 30.3 Å². The number of rotatable bonds is 5. The Morgan fingerprint density at radius 3 is 2.67 bits per heavy atom. The van der Waals surface area contributed by atoms with Crippen molar-refractivity contribution in [3.8, 4) is 0 Å². The second kappa shape index (κ2) is 6.22. The summed E-state index contributed by atoms with van der Waals surface area (Å²) in [6.07, 6.45) is -0.916. The number of halogens is 1. The number of carboxylic acid groups (broad SMARTS) is 1. The van der Waals surface area contributed by atoms with Crippen LogP contribution in [0.2, 0.25) is 0 Å². The number of aliphatic carboxylic acids is 1. The highest BCUT2D eigenvalue weighted by Gasteiger charge is 2.47. The third kappa shape index (κ3) is 3.58. The van der Waals surface area contributed by atoms with Crippen LogP contribution >= 0.6 is 0 Å². The van der Waals surface area contributed by atoms with Gasteiger partial charge >= 0.3 is 5.97 Å². The topological polar surface area (TPSA) is 66.8 Å². The van der Waals surface area contributed by atoms with E-state index in [1.165, 1.54) is 4.90 Å². The average Bonchev–Trinajstić information content (AvgIpc) is 2.89. The molecule has 0 aromatic heterocycles. The lowest BCUT2D eigenvalue weighted by Gasteiger charge is -2.21. The minimum atomic E-state index is -2.34. The number of ether oxygens (including phenoxy) is 1. The van der Waals surface area contributed by atoms with Crippen LogP contribution in [0.15, 0.2) is 30.3 Å². The quantitative estimate of drug-likeness (QED) is 0.896. The van der Waals surface area contributed by atoms with Crippen LogP contribution in [0, 0.1) is 0 Å². The Labute approximate surface area is 122 Å². The molecule has 0 aliphatic carbocycles. The van der Waals surface area contributed by atoms with Crippen LogP contribution in [0.5, 0.6) is 0 Å². The minimum absolute atomic E-state index is 0.0979. The molecule has 2 unspecified atom stereocenters. The number of carboxylic acids is 1. The molecule has 21 heavy (non-hydrogen) atoms. The van der Waals surface area contributed by atoms with Gasteiger partial charge in [-0.05, 0) is 12.5 Å². The maximum atomic E-state index is 13.9. The third-order valence-electron chi connectivity index (χ3n) is 3.61. The predicted octanol–water partition coefficient (Wildman–Crippen LogP) is 1.62. The molecule has 1 N–H and O–H groups in total.